The summed E-state index contributed by atoms with van der Waals surface area (Å²) in [7, 11) is -4.72. The number of sulfonamides is 2. The van der Waals surface area contributed by atoms with Crippen molar-refractivity contribution in [2.45, 2.75) is 16.7 Å². The Labute approximate surface area is 205 Å². The fraction of sp³-hybridized carbons (Fsp3) is 0.208. The summed E-state index contributed by atoms with van der Waals surface area (Å²) < 4.78 is 52.9. The van der Waals surface area contributed by atoms with Crippen LogP contribution in [0, 0.1) is 6.92 Å². The van der Waals surface area contributed by atoms with Crippen molar-refractivity contribution in [2.75, 3.05) is 36.9 Å². The minimum Gasteiger partial charge on any atom is -0.394 e. The highest BCUT2D eigenvalue weighted by molar-refractivity contribution is 7.92. The van der Waals surface area contributed by atoms with E-state index in [0.29, 0.717) is 11.4 Å². The lowest BCUT2D eigenvalue weighted by molar-refractivity contribution is 0.102. The Morgan fingerprint density at radius 2 is 1.31 bits per heavy atom. The average Bonchev–Trinajstić information content (AvgIpc) is 2.83. The fourth-order valence-electron chi connectivity index (χ4n) is 3.22. The molecule has 0 heterocycles. The van der Waals surface area contributed by atoms with Crippen molar-refractivity contribution in [3.63, 3.8) is 0 Å². The van der Waals surface area contributed by atoms with Crippen LogP contribution >= 0.6 is 0 Å². The molecule has 0 aliphatic heterocycles. The maximum atomic E-state index is 13.2. The van der Waals surface area contributed by atoms with Gasteiger partial charge in [-0.25, -0.2) is 21.1 Å². The van der Waals surface area contributed by atoms with Crippen LogP contribution in [-0.2, 0) is 20.0 Å². The summed E-state index contributed by atoms with van der Waals surface area (Å²) in [6.07, 6.45) is 0. The molecule has 3 aromatic carbocycles. The number of aryl methyl sites for hydroxylation is 1. The summed E-state index contributed by atoms with van der Waals surface area (Å²) in [5.74, 6) is -0.476. The molecule has 3 aromatic rings. The molecular weight excluding hydrogens is 490 g/mol. The molecule has 186 valence electrons. The minimum absolute atomic E-state index is 0.00256. The van der Waals surface area contributed by atoms with E-state index >= 15 is 0 Å². The number of carbonyl (C=O) groups is 1. The Hall–Kier alpha value is -3.25. The number of amides is 1. The molecule has 1 amide bonds. The zero-order valence-corrected chi connectivity index (χ0v) is 21.2. The lowest BCUT2D eigenvalue weighted by Crippen LogP contribution is -2.33. The molecule has 0 spiro atoms. The first-order chi connectivity index (χ1) is 16.5. The van der Waals surface area contributed by atoms with Gasteiger partial charge >= 0.3 is 0 Å². The molecule has 0 aliphatic rings. The SMILES string of the molecule is Cc1ccc(N(CCO)S(=O)(=O)c2ccc(NC(=O)c3ccc(S(=O)(=O)N(C)C)cc3)cc2)cc1. The van der Waals surface area contributed by atoms with Gasteiger partial charge in [-0.1, -0.05) is 17.7 Å². The zero-order chi connectivity index (χ0) is 25.8. The molecule has 2 N–H and O–H groups in total. The third-order valence-electron chi connectivity index (χ3n) is 5.22. The van der Waals surface area contributed by atoms with E-state index in [1.54, 1.807) is 24.3 Å². The van der Waals surface area contributed by atoms with Crippen LogP contribution < -0.4 is 9.62 Å². The van der Waals surface area contributed by atoms with E-state index in [1.807, 2.05) is 6.92 Å². The molecule has 0 radical (unpaired) electrons. The number of carbonyl (C=O) groups excluding carboxylic acids is 1. The van der Waals surface area contributed by atoms with Gasteiger partial charge in [0, 0.05) is 25.3 Å². The Balaban J connectivity index is 1.78. The standard InChI is InChI=1S/C24H27N3O6S2/c1-18-4-10-21(11-5-18)27(16-17-28)35(32,33)23-14-8-20(9-15-23)25-24(29)19-6-12-22(13-7-19)34(30,31)26(2)3/h4-15,28H,16-17H2,1-3H3,(H,25,29). The number of benzene rings is 3. The zero-order valence-electron chi connectivity index (χ0n) is 19.5. The predicted octanol–water partition coefficient (Wildman–Crippen LogP) is 2.69. The molecule has 0 saturated carbocycles. The molecule has 3 rings (SSSR count). The number of aliphatic hydroxyl groups is 1. The van der Waals surface area contributed by atoms with Crippen LogP contribution in [0.4, 0.5) is 11.4 Å². The van der Waals surface area contributed by atoms with Gasteiger partial charge in [-0.2, -0.15) is 0 Å². The lowest BCUT2D eigenvalue weighted by atomic mass is 10.2. The van der Waals surface area contributed by atoms with E-state index in [-0.39, 0.29) is 28.5 Å². The molecule has 0 bridgehead atoms. The second-order valence-corrected chi connectivity index (χ2v) is 11.9. The number of anilines is 2. The summed E-state index contributed by atoms with van der Waals surface area (Å²) >= 11 is 0. The van der Waals surface area contributed by atoms with Crippen LogP contribution in [0.3, 0.4) is 0 Å². The van der Waals surface area contributed by atoms with Crippen LogP contribution in [0.1, 0.15) is 15.9 Å². The summed E-state index contributed by atoms with van der Waals surface area (Å²) in [4.78, 5) is 12.6. The van der Waals surface area contributed by atoms with Gasteiger partial charge in [0.1, 0.15) is 0 Å². The molecular formula is C24H27N3O6S2. The molecule has 0 aliphatic carbocycles. The van der Waals surface area contributed by atoms with Gasteiger partial charge in [-0.3, -0.25) is 9.10 Å². The van der Waals surface area contributed by atoms with Gasteiger partial charge in [0.05, 0.1) is 28.6 Å². The number of rotatable bonds is 9. The predicted molar refractivity (Wildman–Crippen MR) is 135 cm³/mol. The Morgan fingerprint density at radius 3 is 1.83 bits per heavy atom. The maximum absolute atomic E-state index is 13.2. The number of nitrogens with zero attached hydrogens (tertiary/aromatic N) is 2. The van der Waals surface area contributed by atoms with Crippen LogP contribution in [-0.4, -0.2) is 59.4 Å². The van der Waals surface area contributed by atoms with E-state index in [2.05, 4.69) is 5.32 Å². The first kappa shape index (κ1) is 26.4. The van der Waals surface area contributed by atoms with E-state index in [4.69, 9.17) is 0 Å². The smallest absolute Gasteiger partial charge is 0.264 e. The van der Waals surface area contributed by atoms with Gasteiger partial charge in [0.2, 0.25) is 10.0 Å². The van der Waals surface area contributed by atoms with Gasteiger partial charge in [-0.05, 0) is 67.6 Å². The normalized spacial score (nSPS) is 11.9. The first-order valence-electron chi connectivity index (χ1n) is 10.6. The van der Waals surface area contributed by atoms with E-state index in [1.165, 1.54) is 62.6 Å². The van der Waals surface area contributed by atoms with Gasteiger partial charge in [0.25, 0.3) is 15.9 Å². The third kappa shape index (κ3) is 5.88. The molecule has 0 atom stereocenters. The van der Waals surface area contributed by atoms with Gasteiger partial charge in [0.15, 0.2) is 0 Å². The summed E-state index contributed by atoms with van der Waals surface area (Å²) in [5, 5.41) is 12.1. The van der Waals surface area contributed by atoms with Crippen molar-refractivity contribution in [1.82, 2.24) is 4.31 Å². The van der Waals surface area contributed by atoms with Crippen molar-refractivity contribution in [3.05, 3.63) is 83.9 Å². The molecule has 0 aromatic heterocycles. The molecule has 0 unspecified atom stereocenters. The maximum Gasteiger partial charge on any atom is 0.264 e. The van der Waals surface area contributed by atoms with Crippen molar-refractivity contribution in [1.29, 1.82) is 0 Å². The number of hydrogen-bond acceptors (Lipinski definition) is 6. The fourth-order valence-corrected chi connectivity index (χ4v) is 5.58. The van der Waals surface area contributed by atoms with Crippen molar-refractivity contribution < 1.29 is 26.7 Å². The Kier molecular flexibility index (Phi) is 7.96. The molecule has 35 heavy (non-hydrogen) atoms. The number of aliphatic hydroxyl groups excluding tert-OH is 1. The largest absolute Gasteiger partial charge is 0.394 e. The van der Waals surface area contributed by atoms with Crippen molar-refractivity contribution in [2.24, 2.45) is 0 Å². The van der Waals surface area contributed by atoms with Gasteiger partial charge < -0.3 is 10.4 Å². The van der Waals surface area contributed by atoms with Gasteiger partial charge in [-0.15, -0.1) is 0 Å². The summed E-state index contributed by atoms with van der Waals surface area (Å²) in [6, 6.07) is 18.1. The van der Waals surface area contributed by atoms with Crippen LogP contribution in [0.5, 0.6) is 0 Å². The average molecular weight is 518 g/mol. The van der Waals surface area contributed by atoms with Crippen LogP contribution in [0.15, 0.2) is 82.6 Å². The van der Waals surface area contributed by atoms with Crippen molar-refractivity contribution in [3.8, 4) is 0 Å². The minimum atomic E-state index is -3.95. The molecule has 0 saturated heterocycles. The topological polar surface area (TPSA) is 124 Å². The second kappa shape index (κ2) is 10.6. The lowest BCUT2D eigenvalue weighted by Gasteiger charge is -2.24. The molecule has 11 heteroatoms. The van der Waals surface area contributed by atoms with E-state index < -0.39 is 26.0 Å². The Morgan fingerprint density at radius 1 is 0.800 bits per heavy atom. The van der Waals surface area contributed by atoms with Crippen molar-refractivity contribution >= 4 is 37.3 Å². The molecule has 9 nitrogen and oxygen atoms in total. The number of nitrogens with one attached hydrogen (secondary N) is 1. The first-order valence-corrected chi connectivity index (χ1v) is 13.5. The molecule has 0 fully saturated rings. The monoisotopic (exact) mass is 517 g/mol. The Bertz CT molecular complexity index is 1390. The van der Waals surface area contributed by atoms with E-state index in [0.717, 1.165) is 14.2 Å². The van der Waals surface area contributed by atoms with E-state index in [9.17, 15) is 26.7 Å². The van der Waals surface area contributed by atoms with Crippen LogP contribution in [0.2, 0.25) is 0 Å². The highest BCUT2D eigenvalue weighted by Gasteiger charge is 2.24. The second-order valence-electron chi connectivity index (χ2n) is 7.93. The number of hydrogen-bond donors (Lipinski definition) is 2. The highest BCUT2D eigenvalue weighted by atomic mass is 32.2. The highest BCUT2D eigenvalue weighted by Crippen LogP contribution is 2.25. The third-order valence-corrected chi connectivity index (χ3v) is 8.89. The summed E-state index contributed by atoms with van der Waals surface area (Å²) in [6.45, 7) is 1.43. The van der Waals surface area contributed by atoms with Crippen LogP contribution in [0.25, 0.3) is 0 Å². The summed E-state index contributed by atoms with van der Waals surface area (Å²) in [5.41, 5.74) is 2.02. The quantitative estimate of drug-likeness (QED) is 0.450.